The van der Waals surface area contributed by atoms with Crippen molar-refractivity contribution in [1.29, 1.82) is 0 Å². The van der Waals surface area contributed by atoms with E-state index in [0.717, 1.165) is 23.2 Å². The van der Waals surface area contributed by atoms with Gasteiger partial charge >= 0.3 is 6.18 Å². The van der Waals surface area contributed by atoms with Crippen molar-refractivity contribution < 1.29 is 17.6 Å². The lowest BCUT2D eigenvalue weighted by Gasteiger charge is -2.08. The number of aromatic nitrogens is 1. The fourth-order valence-corrected chi connectivity index (χ4v) is 2.37. The van der Waals surface area contributed by atoms with E-state index in [1.54, 1.807) is 18.3 Å². The molecule has 5 heteroatoms. The van der Waals surface area contributed by atoms with Crippen LogP contribution in [0, 0.1) is 5.82 Å². The number of benzene rings is 2. The molecule has 0 saturated carbocycles. The molecule has 0 aliphatic heterocycles. The van der Waals surface area contributed by atoms with E-state index in [0.29, 0.717) is 17.4 Å². The molecule has 21 heavy (non-hydrogen) atoms. The Bertz CT molecular complexity index is 786. The number of hydrogen-bond acceptors (Lipinski definition) is 0. The quantitative estimate of drug-likeness (QED) is 0.646. The second-order valence-corrected chi connectivity index (χ2v) is 4.88. The van der Waals surface area contributed by atoms with Gasteiger partial charge in [-0.15, -0.1) is 0 Å². The van der Waals surface area contributed by atoms with Crippen LogP contribution in [0.5, 0.6) is 0 Å². The van der Waals surface area contributed by atoms with Crippen LogP contribution in [0.15, 0.2) is 48.7 Å². The van der Waals surface area contributed by atoms with Crippen molar-refractivity contribution in [2.45, 2.75) is 12.6 Å². The maximum absolute atomic E-state index is 13.3. The highest BCUT2D eigenvalue weighted by Crippen LogP contribution is 2.30. The number of hydrogen-bond donors (Lipinski definition) is 1. The minimum absolute atomic E-state index is 0.313. The lowest BCUT2D eigenvalue weighted by Crippen LogP contribution is -2.05. The van der Waals surface area contributed by atoms with Crippen LogP contribution in [0.3, 0.4) is 0 Å². The summed E-state index contributed by atoms with van der Waals surface area (Å²) in [6.07, 6.45) is -2.35. The van der Waals surface area contributed by atoms with Crippen LogP contribution in [0.2, 0.25) is 0 Å². The van der Waals surface area contributed by atoms with Gasteiger partial charge in [0.2, 0.25) is 0 Å². The van der Waals surface area contributed by atoms with E-state index in [2.05, 4.69) is 4.98 Å². The molecule has 0 saturated heterocycles. The summed E-state index contributed by atoms with van der Waals surface area (Å²) in [6, 6.07) is 9.51. The number of alkyl halides is 3. The largest absolute Gasteiger partial charge is 0.416 e. The lowest BCUT2D eigenvalue weighted by molar-refractivity contribution is -0.137. The summed E-state index contributed by atoms with van der Waals surface area (Å²) in [5.41, 5.74) is 1.39. The van der Waals surface area contributed by atoms with Crippen molar-refractivity contribution in [2.24, 2.45) is 0 Å². The second-order valence-electron chi connectivity index (χ2n) is 4.88. The number of aromatic amines is 1. The third kappa shape index (κ3) is 2.77. The van der Waals surface area contributed by atoms with Gasteiger partial charge in [0, 0.05) is 17.1 Å². The molecule has 0 atom stereocenters. The lowest BCUT2D eigenvalue weighted by atomic mass is 10.0. The molecule has 0 radical (unpaired) electrons. The molecule has 0 amide bonds. The number of rotatable bonds is 2. The fourth-order valence-electron chi connectivity index (χ4n) is 2.37. The Labute approximate surface area is 118 Å². The Balaban J connectivity index is 1.97. The minimum Gasteiger partial charge on any atom is -0.361 e. The zero-order valence-corrected chi connectivity index (χ0v) is 10.8. The minimum atomic E-state index is -4.36. The van der Waals surface area contributed by atoms with Crippen molar-refractivity contribution in [3.05, 3.63) is 71.2 Å². The van der Waals surface area contributed by atoms with Gasteiger partial charge in [0.05, 0.1) is 5.56 Å². The van der Waals surface area contributed by atoms with Gasteiger partial charge in [0.25, 0.3) is 0 Å². The third-order valence-corrected chi connectivity index (χ3v) is 3.38. The molecule has 3 rings (SSSR count). The molecule has 0 unspecified atom stereocenters. The number of fused-ring (bicyclic) bond motifs is 1. The SMILES string of the molecule is Fc1ccc2[nH]cc(Cc3cccc(C(F)(F)F)c3)c2c1. The van der Waals surface area contributed by atoms with Crippen LogP contribution in [0.25, 0.3) is 10.9 Å². The first kappa shape index (κ1) is 13.7. The summed E-state index contributed by atoms with van der Waals surface area (Å²) in [5, 5.41) is 0.687. The average molecular weight is 293 g/mol. The average Bonchev–Trinajstić information content (AvgIpc) is 2.81. The van der Waals surface area contributed by atoms with Crippen LogP contribution in [0.1, 0.15) is 16.7 Å². The predicted molar refractivity (Wildman–Crippen MR) is 72.5 cm³/mol. The highest BCUT2D eigenvalue weighted by molar-refractivity contribution is 5.83. The normalized spacial score (nSPS) is 12.0. The van der Waals surface area contributed by atoms with Crippen molar-refractivity contribution in [2.75, 3.05) is 0 Å². The highest BCUT2D eigenvalue weighted by Gasteiger charge is 2.30. The van der Waals surface area contributed by atoms with Gasteiger partial charge in [-0.2, -0.15) is 13.2 Å². The van der Waals surface area contributed by atoms with Crippen LogP contribution >= 0.6 is 0 Å². The van der Waals surface area contributed by atoms with Gasteiger partial charge in [0.1, 0.15) is 5.82 Å². The molecular formula is C16H11F4N. The summed E-state index contributed by atoms with van der Waals surface area (Å²) < 4.78 is 51.4. The monoisotopic (exact) mass is 293 g/mol. The van der Waals surface area contributed by atoms with E-state index in [9.17, 15) is 17.6 Å². The number of halogens is 4. The first-order chi connectivity index (χ1) is 9.93. The van der Waals surface area contributed by atoms with Crippen molar-refractivity contribution in [3.63, 3.8) is 0 Å². The van der Waals surface area contributed by atoms with Crippen LogP contribution in [0.4, 0.5) is 17.6 Å². The van der Waals surface area contributed by atoms with E-state index in [-0.39, 0.29) is 5.82 Å². The summed E-state index contributed by atoms with van der Waals surface area (Å²) in [5.74, 6) is -0.368. The standard InChI is InChI=1S/C16H11F4N/c17-13-4-5-15-14(8-13)11(9-21-15)6-10-2-1-3-12(7-10)16(18,19)20/h1-5,7-9,21H,6H2. The highest BCUT2D eigenvalue weighted by atomic mass is 19.4. The van der Waals surface area contributed by atoms with Crippen molar-refractivity contribution >= 4 is 10.9 Å². The summed E-state index contributed by atoms with van der Waals surface area (Å²) in [6.45, 7) is 0. The third-order valence-electron chi connectivity index (χ3n) is 3.38. The fraction of sp³-hybridized carbons (Fsp3) is 0.125. The van der Waals surface area contributed by atoms with E-state index in [1.165, 1.54) is 18.2 Å². The Kier molecular flexibility index (Phi) is 3.20. The molecular weight excluding hydrogens is 282 g/mol. The molecule has 0 fully saturated rings. The Hall–Kier alpha value is -2.30. The molecule has 0 aliphatic rings. The molecule has 0 spiro atoms. The molecule has 108 valence electrons. The van der Waals surface area contributed by atoms with Crippen LogP contribution in [-0.2, 0) is 12.6 Å². The number of nitrogens with one attached hydrogen (secondary N) is 1. The smallest absolute Gasteiger partial charge is 0.361 e. The van der Waals surface area contributed by atoms with Gasteiger partial charge in [-0.3, -0.25) is 0 Å². The van der Waals surface area contributed by atoms with Gasteiger partial charge in [-0.25, -0.2) is 4.39 Å². The molecule has 1 aromatic heterocycles. The Morgan fingerprint density at radius 2 is 1.81 bits per heavy atom. The number of H-pyrrole nitrogens is 1. The van der Waals surface area contributed by atoms with E-state index in [4.69, 9.17) is 0 Å². The van der Waals surface area contributed by atoms with Gasteiger partial charge in [-0.05, 0) is 41.8 Å². The molecule has 1 heterocycles. The van der Waals surface area contributed by atoms with Gasteiger partial charge in [0.15, 0.2) is 0 Å². The molecule has 0 bridgehead atoms. The molecule has 3 aromatic rings. The molecule has 2 aromatic carbocycles. The maximum atomic E-state index is 13.3. The van der Waals surface area contributed by atoms with Gasteiger partial charge < -0.3 is 4.98 Å². The zero-order valence-electron chi connectivity index (χ0n) is 10.8. The van der Waals surface area contributed by atoms with Crippen molar-refractivity contribution in [3.8, 4) is 0 Å². The van der Waals surface area contributed by atoms with Crippen LogP contribution in [-0.4, -0.2) is 4.98 Å². The molecule has 1 N–H and O–H groups in total. The predicted octanol–water partition coefficient (Wildman–Crippen LogP) is 4.92. The van der Waals surface area contributed by atoms with E-state index in [1.807, 2.05) is 0 Å². The summed E-state index contributed by atoms with van der Waals surface area (Å²) >= 11 is 0. The van der Waals surface area contributed by atoms with E-state index < -0.39 is 11.7 Å². The molecule has 0 aliphatic carbocycles. The first-order valence-corrected chi connectivity index (χ1v) is 6.35. The Morgan fingerprint density at radius 1 is 1.00 bits per heavy atom. The first-order valence-electron chi connectivity index (χ1n) is 6.35. The maximum Gasteiger partial charge on any atom is 0.416 e. The zero-order chi connectivity index (χ0) is 15.0. The summed E-state index contributed by atoms with van der Waals surface area (Å²) in [7, 11) is 0. The van der Waals surface area contributed by atoms with E-state index >= 15 is 0 Å². The topological polar surface area (TPSA) is 15.8 Å². The Morgan fingerprint density at radius 3 is 2.57 bits per heavy atom. The van der Waals surface area contributed by atoms with Gasteiger partial charge in [-0.1, -0.05) is 18.2 Å². The second kappa shape index (κ2) is 4.91. The molecule has 1 nitrogen and oxygen atoms in total. The van der Waals surface area contributed by atoms with Crippen molar-refractivity contribution in [1.82, 2.24) is 4.98 Å². The summed E-state index contributed by atoms with van der Waals surface area (Å²) in [4.78, 5) is 2.99. The van der Waals surface area contributed by atoms with Crippen LogP contribution < -0.4 is 0 Å².